The molecule has 2 aromatic rings. The average molecular weight is 282 g/mol. The molecule has 102 valence electrons. The summed E-state index contributed by atoms with van der Waals surface area (Å²) < 4.78 is 27.9. The summed E-state index contributed by atoms with van der Waals surface area (Å²) in [6.07, 6.45) is 3.47. The van der Waals surface area contributed by atoms with Crippen molar-refractivity contribution in [3.8, 4) is 0 Å². The first-order valence-electron chi connectivity index (χ1n) is 5.64. The Bertz CT molecular complexity index is 697. The summed E-state index contributed by atoms with van der Waals surface area (Å²) in [6.45, 7) is 0.248. The fraction of sp³-hybridized carbons (Fsp3) is 0.273. The minimum absolute atomic E-state index is 0.0353. The number of H-pyrrole nitrogens is 1. The molecule has 0 unspecified atom stereocenters. The lowest BCUT2D eigenvalue weighted by Gasteiger charge is -2.05. The number of aromatic nitrogens is 3. The fourth-order valence-electron chi connectivity index (χ4n) is 1.56. The quantitative estimate of drug-likeness (QED) is 0.782. The summed E-state index contributed by atoms with van der Waals surface area (Å²) in [4.78, 5) is 13.2. The maximum Gasteiger partial charge on any atom is 0.247 e. The third-order valence-electron chi connectivity index (χ3n) is 2.51. The highest BCUT2D eigenvalue weighted by Crippen LogP contribution is 2.04. The molecule has 0 aliphatic rings. The molecule has 0 aliphatic carbocycles. The number of aromatic amines is 1. The molecule has 7 nitrogen and oxygen atoms in total. The topological polar surface area (TPSA) is 96.9 Å². The van der Waals surface area contributed by atoms with E-state index in [0.29, 0.717) is 6.42 Å². The van der Waals surface area contributed by atoms with Gasteiger partial charge in [-0.2, -0.15) is 5.10 Å². The minimum Gasteiger partial charge on any atom is -0.328 e. The van der Waals surface area contributed by atoms with E-state index < -0.39 is 10.0 Å². The molecule has 0 fully saturated rings. The van der Waals surface area contributed by atoms with Crippen LogP contribution in [-0.2, 0) is 23.5 Å². The van der Waals surface area contributed by atoms with Crippen LogP contribution in [0.5, 0.6) is 0 Å². The first-order chi connectivity index (χ1) is 8.97. The van der Waals surface area contributed by atoms with Gasteiger partial charge in [0.1, 0.15) is 0 Å². The predicted molar refractivity (Wildman–Crippen MR) is 69.2 cm³/mol. The number of nitrogens with zero attached hydrogens (tertiary/aromatic N) is 2. The molecular formula is C11H14N4O3S. The van der Waals surface area contributed by atoms with Gasteiger partial charge in [-0.15, -0.1) is 0 Å². The van der Waals surface area contributed by atoms with Crippen LogP contribution < -0.4 is 10.3 Å². The molecule has 0 bridgehead atoms. The third kappa shape index (κ3) is 3.52. The summed E-state index contributed by atoms with van der Waals surface area (Å²) >= 11 is 0. The molecule has 2 N–H and O–H groups in total. The molecule has 8 heteroatoms. The van der Waals surface area contributed by atoms with Crippen molar-refractivity contribution in [3.05, 3.63) is 46.6 Å². The first kappa shape index (κ1) is 13.5. The van der Waals surface area contributed by atoms with E-state index in [2.05, 4.69) is 14.8 Å². The van der Waals surface area contributed by atoms with Gasteiger partial charge in [0, 0.05) is 38.5 Å². The van der Waals surface area contributed by atoms with E-state index in [1.165, 1.54) is 18.3 Å². The highest BCUT2D eigenvalue weighted by Gasteiger charge is 2.13. The van der Waals surface area contributed by atoms with Crippen LogP contribution in [-0.4, -0.2) is 29.7 Å². The van der Waals surface area contributed by atoms with E-state index in [9.17, 15) is 13.2 Å². The monoisotopic (exact) mass is 282 g/mol. The Morgan fingerprint density at radius 2 is 2.16 bits per heavy atom. The Labute approximate surface area is 110 Å². The fourth-order valence-corrected chi connectivity index (χ4v) is 2.56. The Morgan fingerprint density at radius 3 is 2.74 bits per heavy atom. The molecule has 0 saturated heterocycles. The van der Waals surface area contributed by atoms with Gasteiger partial charge in [-0.05, 0) is 12.1 Å². The number of hydrogen-bond acceptors (Lipinski definition) is 4. The van der Waals surface area contributed by atoms with Crippen molar-refractivity contribution in [1.82, 2.24) is 19.5 Å². The van der Waals surface area contributed by atoms with E-state index in [-0.39, 0.29) is 17.0 Å². The molecule has 0 atom stereocenters. The van der Waals surface area contributed by atoms with Gasteiger partial charge >= 0.3 is 0 Å². The minimum atomic E-state index is -3.60. The van der Waals surface area contributed by atoms with Crippen LogP contribution in [0.15, 0.2) is 40.3 Å². The zero-order valence-corrected chi connectivity index (χ0v) is 11.1. The number of nitrogens with one attached hydrogen (secondary N) is 2. The average Bonchev–Trinajstić information content (AvgIpc) is 2.75. The second-order valence-corrected chi connectivity index (χ2v) is 5.78. The number of hydrogen-bond donors (Lipinski definition) is 2. The first-order valence-corrected chi connectivity index (χ1v) is 7.13. The SMILES string of the molecule is Cn1ccc(CCNS(=O)(=O)c2ccc(=O)[nH]c2)n1. The number of rotatable bonds is 5. The highest BCUT2D eigenvalue weighted by molar-refractivity contribution is 7.89. The van der Waals surface area contributed by atoms with Gasteiger partial charge in [0.25, 0.3) is 0 Å². The molecule has 2 heterocycles. The van der Waals surface area contributed by atoms with Crippen molar-refractivity contribution in [2.75, 3.05) is 6.54 Å². The summed E-state index contributed by atoms with van der Waals surface area (Å²) in [7, 11) is -1.80. The lowest BCUT2D eigenvalue weighted by molar-refractivity contribution is 0.580. The van der Waals surface area contributed by atoms with Crippen molar-refractivity contribution in [2.24, 2.45) is 7.05 Å². The van der Waals surface area contributed by atoms with Gasteiger partial charge in [-0.25, -0.2) is 13.1 Å². The van der Waals surface area contributed by atoms with E-state index >= 15 is 0 Å². The summed E-state index contributed by atoms with van der Waals surface area (Å²) in [5, 5.41) is 4.15. The van der Waals surface area contributed by atoms with Crippen molar-refractivity contribution in [3.63, 3.8) is 0 Å². The largest absolute Gasteiger partial charge is 0.328 e. The van der Waals surface area contributed by atoms with Crippen LogP contribution in [0, 0.1) is 0 Å². The lowest BCUT2D eigenvalue weighted by atomic mass is 10.3. The van der Waals surface area contributed by atoms with Crippen LogP contribution in [0.1, 0.15) is 5.69 Å². The molecule has 0 aromatic carbocycles. The molecule has 0 radical (unpaired) electrons. The lowest BCUT2D eigenvalue weighted by Crippen LogP contribution is -2.26. The van der Waals surface area contributed by atoms with Crippen LogP contribution >= 0.6 is 0 Å². The Kier molecular flexibility index (Phi) is 3.82. The van der Waals surface area contributed by atoms with Gasteiger partial charge in [-0.1, -0.05) is 0 Å². The maximum absolute atomic E-state index is 11.9. The summed E-state index contributed by atoms with van der Waals surface area (Å²) in [5.41, 5.74) is 0.471. The van der Waals surface area contributed by atoms with Crippen LogP contribution in [0.4, 0.5) is 0 Å². The standard InChI is InChI=1S/C11H14N4O3S/c1-15-7-5-9(14-15)4-6-13-19(17,18)10-2-3-11(16)12-8-10/h2-3,5,7-8,13H,4,6H2,1H3,(H,12,16). The van der Waals surface area contributed by atoms with Gasteiger partial charge in [0.05, 0.1) is 10.6 Å². The Morgan fingerprint density at radius 1 is 1.37 bits per heavy atom. The maximum atomic E-state index is 11.9. The van der Waals surface area contributed by atoms with E-state index in [4.69, 9.17) is 0 Å². The van der Waals surface area contributed by atoms with E-state index in [1.54, 1.807) is 17.9 Å². The van der Waals surface area contributed by atoms with Crippen molar-refractivity contribution in [1.29, 1.82) is 0 Å². The van der Waals surface area contributed by atoms with Crippen LogP contribution in [0.3, 0.4) is 0 Å². The van der Waals surface area contributed by atoms with Crippen molar-refractivity contribution >= 4 is 10.0 Å². The number of sulfonamides is 1. The van der Waals surface area contributed by atoms with Gasteiger partial charge in [0.2, 0.25) is 15.6 Å². The van der Waals surface area contributed by atoms with E-state index in [1.807, 2.05) is 6.07 Å². The Balaban J connectivity index is 1.98. The second kappa shape index (κ2) is 5.37. The van der Waals surface area contributed by atoms with Gasteiger partial charge in [0.15, 0.2) is 0 Å². The van der Waals surface area contributed by atoms with Crippen molar-refractivity contribution in [2.45, 2.75) is 11.3 Å². The molecule has 0 spiro atoms. The molecule has 19 heavy (non-hydrogen) atoms. The number of aryl methyl sites for hydroxylation is 1. The van der Waals surface area contributed by atoms with Gasteiger partial charge in [-0.3, -0.25) is 9.48 Å². The smallest absolute Gasteiger partial charge is 0.247 e. The molecule has 2 rings (SSSR count). The summed E-state index contributed by atoms with van der Waals surface area (Å²) in [5.74, 6) is 0. The molecule has 2 aromatic heterocycles. The molecule has 0 aliphatic heterocycles. The molecule has 0 saturated carbocycles. The van der Waals surface area contributed by atoms with Crippen LogP contribution in [0.25, 0.3) is 0 Å². The molecular weight excluding hydrogens is 268 g/mol. The Hall–Kier alpha value is -1.93. The highest BCUT2D eigenvalue weighted by atomic mass is 32.2. The normalized spacial score (nSPS) is 11.6. The zero-order chi connectivity index (χ0) is 13.9. The number of pyridine rings is 1. The zero-order valence-electron chi connectivity index (χ0n) is 10.3. The van der Waals surface area contributed by atoms with Gasteiger partial charge < -0.3 is 4.98 Å². The van der Waals surface area contributed by atoms with E-state index in [0.717, 1.165) is 5.69 Å². The summed E-state index contributed by atoms with van der Waals surface area (Å²) in [6, 6.07) is 4.27. The van der Waals surface area contributed by atoms with Crippen LogP contribution in [0.2, 0.25) is 0 Å². The third-order valence-corrected chi connectivity index (χ3v) is 3.97. The molecule has 0 amide bonds. The second-order valence-electron chi connectivity index (χ2n) is 4.02. The van der Waals surface area contributed by atoms with Crippen molar-refractivity contribution < 1.29 is 8.42 Å². The predicted octanol–water partition coefficient (Wildman–Crippen LogP) is -0.371.